The van der Waals surface area contributed by atoms with Crippen molar-refractivity contribution in [3.05, 3.63) is 70.6 Å². The fraction of sp³-hybridized carbons (Fsp3) is 0.222. The van der Waals surface area contributed by atoms with Crippen molar-refractivity contribution in [2.45, 2.75) is 20.8 Å². The average molecular weight is 507 g/mol. The fourth-order valence-electron chi connectivity index (χ4n) is 3.74. The molecule has 180 valence electrons. The Kier molecular flexibility index (Phi) is 7.73. The lowest BCUT2D eigenvalue weighted by molar-refractivity contribution is -0.126. The smallest absolute Gasteiger partial charge is 0.266 e. The van der Waals surface area contributed by atoms with Crippen LogP contribution >= 0.6 is 24.0 Å². The van der Waals surface area contributed by atoms with E-state index in [1.807, 2.05) is 75.4 Å². The highest BCUT2D eigenvalue weighted by atomic mass is 32.2. The molecular weight excluding hydrogens is 480 g/mol. The normalized spacial score (nSPS) is 14.6. The Balaban J connectivity index is 1.62. The topological polar surface area (TPSA) is 67.9 Å². The van der Waals surface area contributed by atoms with Crippen LogP contribution in [0.3, 0.4) is 0 Å². The standard InChI is InChI=1S/C27H26N2O4S2/c1-4-32-20-12-8-18-9-13-23(33-5-2)22(21(18)14-20)15-24-26(31)29(27(34)35-24)16-25(30)28-19-10-6-17(3)7-11-19/h6-15H,4-5,16H2,1-3H3,(H,28,30)/b24-15-. The van der Waals surface area contributed by atoms with E-state index in [0.29, 0.717) is 33.9 Å². The number of aryl methyl sites for hydroxylation is 1. The number of benzene rings is 3. The number of hydrogen-bond acceptors (Lipinski definition) is 6. The van der Waals surface area contributed by atoms with Crippen molar-refractivity contribution in [1.29, 1.82) is 0 Å². The minimum Gasteiger partial charge on any atom is -0.494 e. The van der Waals surface area contributed by atoms with Crippen molar-refractivity contribution in [2.75, 3.05) is 25.1 Å². The van der Waals surface area contributed by atoms with E-state index in [1.165, 1.54) is 16.7 Å². The van der Waals surface area contributed by atoms with Crippen LogP contribution in [-0.4, -0.2) is 40.8 Å². The summed E-state index contributed by atoms with van der Waals surface area (Å²) in [5.41, 5.74) is 2.54. The van der Waals surface area contributed by atoms with Crippen LogP contribution < -0.4 is 14.8 Å². The predicted molar refractivity (Wildman–Crippen MR) is 146 cm³/mol. The van der Waals surface area contributed by atoms with Crippen molar-refractivity contribution >= 4 is 62.7 Å². The number of rotatable bonds is 8. The van der Waals surface area contributed by atoms with Gasteiger partial charge in [-0.3, -0.25) is 14.5 Å². The van der Waals surface area contributed by atoms with Gasteiger partial charge in [-0.2, -0.15) is 0 Å². The summed E-state index contributed by atoms with van der Waals surface area (Å²) in [5.74, 6) is 0.784. The van der Waals surface area contributed by atoms with E-state index < -0.39 is 0 Å². The van der Waals surface area contributed by atoms with E-state index in [2.05, 4.69) is 5.32 Å². The first-order valence-electron chi connectivity index (χ1n) is 11.3. The van der Waals surface area contributed by atoms with Gasteiger partial charge >= 0.3 is 0 Å². The number of thioether (sulfide) groups is 1. The quantitative estimate of drug-likeness (QED) is 0.308. The molecule has 1 fully saturated rings. The number of carbonyl (C=O) groups is 2. The lowest BCUT2D eigenvalue weighted by Crippen LogP contribution is -2.36. The predicted octanol–water partition coefficient (Wildman–Crippen LogP) is 5.79. The Morgan fingerprint density at radius 1 is 1.06 bits per heavy atom. The number of fused-ring (bicyclic) bond motifs is 1. The molecule has 0 aromatic heterocycles. The van der Waals surface area contributed by atoms with Crippen LogP contribution in [0, 0.1) is 6.92 Å². The minimum atomic E-state index is -0.312. The number of nitrogens with zero attached hydrogens (tertiary/aromatic N) is 1. The van der Waals surface area contributed by atoms with Gasteiger partial charge in [0.05, 0.1) is 18.1 Å². The molecule has 3 aromatic carbocycles. The molecule has 8 heteroatoms. The number of thiocarbonyl (C=S) groups is 1. The van der Waals surface area contributed by atoms with E-state index in [0.717, 1.165) is 27.6 Å². The summed E-state index contributed by atoms with van der Waals surface area (Å²) in [4.78, 5) is 27.6. The average Bonchev–Trinajstić information content (AvgIpc) is 3.09. The third-order valence-electron chi connectivity index (χ3n) is 5.39. The van der Waals surface area contributed by atoms with E-state index in [4.69, 9.17) is 21.7 Å². The molecule has 2 amide bonds. The Hall–Kier alpha value is -3.36. The van der Waals surface area contributed by atoms with Crippen molar-refractivity contribution in [3.63, 3.8) is 0 Å². The Bertz CT molecular complexity index is 1310. The molecule has 0 radical (unpaired) electrons. The van der Waals surface area contributed by atoms with Crippen LogP contribution in [-0.2, 0) is 9.59 Å². The first kappa shape index (κ1) is 24.8. The molecule has 0 saturated carbocycles. The molecule has 35 heavy (non-hydrogen) atoms. The van der Waals surface area contributed by atoms with Crippen molar-refractivity contribution in [2.24, 2.45) is 0 Å². The zero-order valence-electron chi connectivity index (χ0n) is 19.8. The second-order valence-corrected chi connectivity index (χ2v) is 9.58. The van der Waals surface area contributed by atoms with Gasteiger partial charge < -0.3 is 14.8 Å². The maximum absolute atomic E-state index is 13.2. The zero-order valence-corrected chi connectivity index (χ0v) is 21.4. The molecule has 0 aliphatic carbocycles. The van der Waals surface area contributed by atoms with Gasteiger partial charge in [-0.25, -0.2) is 0 Å². The number of hydrogen-bond donors (Lipinski definition) is 1. The van der Waals surface area contributed by atoms with Gasteiger partial charge in [0.15, 0.2) is 0 Å². The summed E-state index contributed by atoms with van der Waals surface area (Å²) in [6, 6.07) is 17.2. The van der Waals surface area contributed by atoms with Crippen LogP contribution in [0.5, 0.6) is 11.5 Å². The molecule has 3 aromatic rings. The van der Waals surface area contributed by atoms with Gasteiger partial charge in [0.1, 0.15) is 22.4 Å². The van der Waals surface area contributed by atoms with Gasteiger partial charge in [0.25, 0.3) is 5.91 Å². The maximum Gasteiger partial charge on any atom is 0.266 e. The molecule has 0 atom stereocenters. The van der Waals surface area contributed by atoms with Crippen molar-refractivity contribution in [1.82, 2.24) is 4.90 Å². The molecule has 4 rings (SSSR count). The van der Waals surface area contributed by atoms with Crippen LogP contribution in [0.2, 0.25) is 0 Å². The highest BCUT2D eigenvalue weighted by Gasteiger charge is 2.33. The van der Waals surface area contributed by atoms with Crippen LogP contribution in [0.15, 0.2) is 59.5 Å². The third-order valence-corrected chi connectivity index (χ3v) is 6.77. The number of carbonyl (C=O) groups excluding carboxylic acids is 2. The minimum absolute atomic E-state index is 0.155. The summed E-state index contributed by atoms with van der Waals surface area (Å²) in [5, 5.41) is 4.72. The van der Waals surface area contributed by atoms with Crippen LogP contribution in [0.4, 0.5) is 5.69 Å². The second kappa shape index (κ2) is 10.9. The van der Waals surface area contributed by atoms with Gasteiger partial charge in [0.2, 0.25) is 5.91 Å². The number of ether oxygens (including phenoxy) is 2. The largest absolute Gasteiger partial charge is 0.494 e. The second-order valence-electron chi connectivity index (χ2n) is 7.91. The highest BCUT2D eigenvalue weighted by Crippen LogP contribution is 2.38. The molecule has 1 saturated heterocycles. The molecule has 0 bridgehead atoms. The first-order valence-corrected chi connectivity index (χ1v) is 12.6. The van der Waals surface area contributed by atoms with E-state index >= 15 is 0 Å². The Morgan fingerprint density at radius 2 is 1.77 bits per heavy atom. The van der Waals surface area contributed by atoms with Crippen molar-refractivity contribution < 1.29 is 19.1 Å². The van der Waals surface area contributed by atoms with Gasteiger partial charge in [-0.05, 0) is 68.0 Å². The lowest BCUT2D eigenvalue weighted by atomic mass is 10.0. The molecule has 1 aliphatic rings. The van der Waals surface area contributed by atoms with E-state index in [1.54, 1.807) is 6.08 Å². The Labute approximate surface area is 214 Å². The zero-order chi connectivity index (χ0) is 24.9. The monoisotopic (exact) mass is 506 g/mol. The molecule has 1 aliphatic heterocycles. The third kappa shape index (κ3) is 5.66. The highest BCUT2D eigenvalue weighted by molar-refractivity contribution is 8.26. The van der Waals surface area contributed by atoms with Gasteiger partial charge in [-0.15, -0.1) is 0 Å². The maximum atomic E-state index is 13.2. The first-order chi connectivity index (χ1) is 16.9. The van der Waals surface area contributed by atoms with Gasteiger partial charge in [-0.1, -0.05) is 53.8 Å². The fourth-order valence-corrected chi connectivity index (χ4v) is 4.97. The lowest BCUT2D eigenvalue weighted by Gasteiger charge is -2.14. The SMILES string of the molecule is CCOc1ccc2ccc(OCC)c(/C=C3\SC(=S)N(CC(=O)Nc4ccc(C)cc4)C3=O)c2c1. The Morgan fingerprint density at radius 3 is 2.49 bits per heavy atom. The van der Waals surface area contributed by atoms with Gasteiger partial charge in [0, 0.05) is 11.3 Å². The number of anilines is 1. The summed E-state index contributed by atoms with van der Waals surface area (Å²) in [6.07, 6.45) is 1.79. The number of nitrogens with one attached hydrogen (secondary N) is 1. The summed E-state index contributed by atoms with van der Waals surface area (Å²) < 4.78 is 11.9. The number of amides is 2. The molecular formula is C27H26N2O4S2. The summed E-state index contributed by atoms with van der Waals surface area (Å²) in [7, 11) is 0. The molecule has 6 nitrogen and oxygen atoms in total. The van der Waals surface area contributed by atoms with Crippen molar-refractivity contribution in [3.8, 4) is 11.5 Å². The van der Waals surface area contributed by atoms with Crippen LogP contribution in [0.1, 0.15) is 25.0 Å². The summed E-state index contributed by atoms with van der Waals surface area (Å²) >= 11 is 6.62. The molecule has 1 N–H and O–H groups in total. The molecule has 0 unspecified atom stereocenters. The summed E-state index contributed by atoms with van der Waals surface area (Å²) in [6.45, 7) is 6.70. The van der Waals surface area contributed by atoms with E-state index in [-0.39, 0.29) is 18.4 Å². The molecule has 1 heterocycles. The van der Waals surface area contributed by atoms with E-state index in [9.17, 15) is 9.59 Å². The van der Waals surface area contributed by atoms with Crippen LogP contribution in [0.25, 0.3) is 16.8 Å². The molecule has 0 spiro atoms.